The summed E-state index contributed by atoms with van der Waals surface area (Å²) in [5.74, 6) is 1.81. The van der Waals surface area contributed by atoms with Crippen LogP contribution < -0.4 is 10.1 Å². The first kappa shape index (κ1) is 12.9. The largest absolute Gasteiger partial charge is 0.478 e. The van der Waals surface area contributed by atoms with Crippen molar-refractivity contribution in [2.24, 2.45) is 0 Å². The third-order valence-corrected chi connectivity index (χ3v) is 2.68. The molecule has 0 saturated heterocycles. The summed E-state index contributed by atoms with van der Waals surface area (Å²) in [4.78, 5) is 8.22. The second-order valence-corrected chi connectivity index (χ2v) is 4.76. The molecular weight excluding hydrogens is 226 g/mol. The minimum Gasteiger partial charge on any atom is -0.478 e. The molecule has 0 amide bonds. The lowest BCUT2D eigenvalue weighted by molar-refractivity contribution is 0.326. The van der Waals surface area contributed by atoms with Crippen LogP contribution in [0.1, 0.15) is 13.3 Å². The van der Waals surface area contributed by atoms with Crippen LogP contribution in [0.25, 0.3) is 0 Å². The third-order valence-electron chi connectivity index (χ3n) is 1.81. The summed E-state index contributed by atoms with van der Waals surface area (Å²) in [6.45, 7) is 3.21. The molecule has 0 bridgehead atoms. The Kier molecular flexibility index (Phi) is 5.77. The van der Waals surface area contributed by atoms with Crippen LogP contribution in [0.4, 0.5) is 5.95 Å². The van der Waals surface area contributed by atoms with E-state index in [1.807, 2.05) is 6.92 Å². The van der Waals surface area contributed by atoms with Crippen LogP contribution in [-0.2, 0) is 10.8 Å². The van der Waals surface area contributed by atoms with Crippen molar-refractivity contribution in [3.8, 4) is 5.88 Å². The van der Waals surface area contributed by atoms with Crippen LogP contribution in [0.15, 0.2) is 12.3 Å². The topological polar surface area (TPSA) is 64.1 Å². The van der Waals surface area contributed by atoms with Crippen LogP contribution in [0, 0.1) is 0 Å². The predicted molar refractivity (Wildman–Crippen MR) is 65.2 cm³/mol. The standard InChI is InChI=1S/C10H17N3O2S/c1-3-15-9-5-7-12-10(13-9)11-6-4-8-16(2)14/h5,7H,3-4,6,8H2,1-2H3,(H,11,12,13). The van der Waals surface area contributed by atoms with Gasteiger partial charge in [-0.05, 0) is 13.3 Å². The molecule has 1 heterocycles. The van der Waals surface area contributed by atoms with Gasteiger partial charge in [0, 0.05) is 41.6 Å². The van der Waals surface area contributed by atoms with Gasteiger partial charge in [0.25, 0.3) is 0 Å². The monoisotopic (exact) mass is 243 g/mol. The fourth-order valence-corrected chi connectivity index (χ4v) is 1.68. The molecule has 0 saturated carbocycles. The van der Waals surface area contributed by atoms with E-state index in [1.54, 1.807) is 18.5 Å². The van der Waals surface area contributed by atoms with E-state index in [0.717, 1.165) is 13.0 Å². The Morgan fingerprint density at radius 3 is 3.06 bits per heavy atom. The molecule has 1 atom stereocenters. The van der Waals surface area contributed by atoms with Crippen molar-refractivity contribution in [3.05, 3.63) is 12.3 Å². The van der Waals surface area contributed by atoms with E-state index < -0.39 is 10.8 Å². The Morgan fingerprint density at radius 1 is 1.56 bits per heavy atom. The van der Waals surface area contributed by atoms with Gasteiger partial charge in [0.15, 0.2) is 0 Å². The molecule has 0 aromatic carbocycles. The lowest BCUT2D eigenvalue weighted by atomic mass is 10.5. The summed E-state index contributed by atoms with van der Waals surface area (Å²) in [6, 6.07) is 1.72. The fourth-order valence-electron chi connectivity index (χ4n) is 1.13. The number of hydrogen-bond donors (Lipinski definition) is 1. The van der Waals surface area contributed by atoms with Gasteiger partial charge in [-0.2, -0.15) is 4.98 Å². The molecule has 1 unspecified atom stereocenters. The second-order valence-electron chi connectivity index (χ2n) is 3.21. The highest BCUT2D eigenvalue weighted by Gasteiger charge is 1.99. The van der Waals surface area contributed by atoms with Crippen molar-refractivity contribution in [2.75, 3.05) is 30.5 Å². The van der Waals surface area contributed by atoms with Gasteiger partial charge in [0.1, 0.15) is 0 Å². The molecule has 1 aromatic rings. The molecule has 0 spiro atoms. The van der Waals surface area contributed by atoms with Gasteiger partial charge in [-0.1, -0.05) is 0 Å². The van der Waals surface area contributed by atoms with Crippen molar-refractivity contribution in [1.82, 2.24) is 9.97 Å². The quantitative estimate of drug-likeness (QED) is 0.725. The highest BCUT2D eigenvalue weighted by Crippen LogP contribution is 2.07. The third kappa shape index (κ3) is 5.06. The molecule has 16 heavy (non-hydrogen) atoms. The smallest absolute Gasteiger partial charge is 0.225 e. The SMILES string of the molecule is CCOc1ccnc(NCCCS(C)=O)n1. The van der Waals surface area contributed by atoms with E-state index in [9.17, 15) is 4.21 Å². The zero-order chi connectivity index (χ0) is 11.8. The molecule has 0 aliphatic heterocycles. The summed E-state index contributed by atoms with van der Waals surface area (Å²) in [5, 5.41) is 3.06. The number of rotatable bonds is 7. The van der Waals surface area contributed by atoms with Crippen molar-refractivity contribution in [1.29, 1.82) is 0 Å². The fraction of sp³-hybridized carbons (Fsp3) is 0.600. The average molecular weight is 243 g/mol. The van der Waals surface area contributed by atoms with Gasteiger partial charge < -0.3 is 10.1 Å². The maximum absolute atomic E-state index is 10.8. The maximum atomic E-state index is 10.8. The summed E-state index contributed by atoms with van der Waals surface area (Å²) in [5.41, 5.74) is 0. The molecule has 1 rings (SSSR count). The van der Waals surface area contributed by atoms with Gasteiger partial charge in [-0.15, -0.1) is 0 Å². The van der Waals surface area contributed by atoms with E-state index in [2.05, 4.69) is 15.3 Å². The number of hydrogen-bond acceptors (Lipinski definition) is 5. The van der Waals surface area contributed by atoms with Gasteiger partial charge in [0.2, 0.25) is 11.8 Å². The maximum Gasteiger partial charge on any atom is 0.225 e. The van der Waals surface area contributed by atoms with E-state index in [-0.39, 0.29) is 0 Å². The molecule has 90 valence electrons. The Labute approximate surface area is 98.1 Å². The van der Waals surface area contributed by atoms with Crippen LogP contribution in [0.5, 0.6) is 5.88 Å². The van der Waals surface area contributed by atoms with E-state index in [0.29, 0.717) is 24.2 Å². The molecular formula is C10H17N3O2S. The minimum atomic E-state index is -0.736. The zero-order valence-electron chi connectivity index (χ0n) is 9.60. The number of aromatic nitrogens is 2. The number of ether oxygens (including phenoxy) is 1. The summed E-state index contributed by atoms with van der Waals surface area (Å²) in [7, 11) is -0.736. The average Bonchev–Trinajstić information content (AvgIpc) is 2.25. The first-order valence-corrected chi connectivity index (χ1v) is 6.95. The predicted octanol–water partition coefficient (Wildman–Crippen LogP) is 1.06. The minimum absolute atomic E-state index is 0.549. The lowest BCUT2D eigenvalue weighted by Gasteiger charge is -2.05. The normalized spacial score (nSPS) is 12.1. The lowest BCUT2D eigenvalue weighted by Crippen LogP contribution is -2.09. The molecule has 6 heteroatoms. The highest BCUT2D eigenvalue weighted by molar-refractivity contribution is 7.84. The van der Waals surface area contributed by atoms with E-state index >= 15 is 0 Å². The van der Waals surface area contributed by atoms with Crippen LogP contribution in [-0.4, -0.2) is 39.3 Å². The van der Waals surface area contributed by atoms with Gasteiger partial charge in [0.05, 0.1) is 6.61 Å². The first-order chi connectivity index (χ1) is 7.72. The Bertz CT molecular complexity index is 347. The van der Waals surface area contributed by atoms with Gasteiger partial charge in [-0.3, -0.25) is 4.21 Å². The van der Waals surface area contributed by atoms with Crippen molar-refractivity contribution < 1.29 is 8.95 Å². The Morgan fingerprint density at radius 2 is 2.38 bits per heavy atom. The molecule has 0 fully saturated rings. The molecule has 1 N–H and O–H groups in total. The molecule has 0 aliphatic carbocycles. The summed E-state index contributed by atoms with van der Waals surface area (Å²) < 4.78 is 16.1. The number of anilines is 1. The van der Waals surface area contributed by atoms with Crippen LogP contribution >= 0.6 is 0 Å². The molecule has 0 aliphatic rings. The van der Waals surface area contributed by atoms with Crippen molar-refractivity contribution >= 4 is 16.7 Å². The molecule has 5 nitrogen and oxygen atoms in total. The second kappa shape index (κ2) is 7.16. The van der Waals surface area contributed by atoms with Gasteiger partial charge >= 0.3 is 0 Å². The van der Waals surface area contributed by atoms with Crippen LogP contribution in [0.2, 0.25) is 0 Å². The van der Waals surface area contributed by atoms with Crippen molar-refractivity contribution in [2.45, 2.75) is 13.3 Å². The highest BCUT2D eigenvalue weighted by atomic mass is 32.2. The van der Waals surface area contributed by atoms with Gasteiger partial charge in [-0.25, -0.2) is 4.98 Å². The number of nitrogens with one attached hydrogen (secondary N) is 1. The molecule has 0 radical (unpaired) electrons. The summed E-state index contributed by atoms with van der Waals surface area (Å²) in [6.07, 6.45) is 4.19. The Hall–Kier alpha value is -1.17. The number of nitrogens with zero attached hydrogens (tertiary/aromatic N) is 2. The van der Waals surface area contributed by atoms with E-state index in [4.69, 9.17) is 4.74 Å². The van der Waals surface area contributed by atoms with E-state index in [1.165, 1.54) is 0 Å². The van der Waals surface area contributed by atoms with Crippen molar-refractivity contribution in [3.63, 3.8) is 0 Å². The molecule has 1 aromatic heterocycles. The summed E-state index contributed by atoms with van der Waals surface area (Å²) >= 11 is 0. The van der Waals surface area contributed by atoms with Crippen LogP contribution in [0.3, 0.4) is 0 Å². The zero-order valence-corrected chi connectivity index (χ0v) is 10.4. The first-order valence-electron chi connectivity index (χ1n) is 5.22. The Balaban J connectivity index is 2.35.